The van der Waals surface area contributed by atoms with Gasteiger partial charge >= 0.3 is 0 Å². The highest BCUT2D eigenvalue weighted by atomic mass is 32.2. The van der Waals surface area contributed by atoms with Gasteiger partial charge in [-0.15, -0.1) is 0 Å². The van der Waals surface area contributed by atoms with Crippen LogP contribution in [0.3, 0.4) is 0 Å². The maximum Gasteiger partial charge on any atom is 0.102 e. The second-order valence-electron chi connectivity index (χ2n) is 4.21. The van der Waals surface area contributed by atoms with Gasteiger partial charge in [0, 0.05) is 5.75 Å². The van der Waals surface area contributed by atoms with Crippen LogP contribution in [0.1, 0.15) is 12.8 Å². The lowest BCUT2D eigenvalue weighted by Crippen LogP contribution is -2.48. The molecular weight excluding hydrogens is 234 g/mol. The molecule has 7 heteroatoms. The molecule has 0 aliphatic carbocycles. The average molecular weight is 255 g/mol. The number of unbranched alkanes of at least 4 members (excludes halogenated alkanes) is 1. The summed E-state index contributed by atoms with van der Waals surface area (Å²) in [4.78, 5) is 0. The molecule has 0 atom stereocenters. The smallest absolute Gasteiger partial charge is 0.102 e. The van der Waals surface area contributed by atoms with E-state index in [1.165, 1.54) is 0 Å². The van der Waals surface area contributed by atoms with Gasteiger partial charge in [0.15, 0.2) is 0 Å². The van der Waals surface area contributed by atoms with E-state index in [1.54, 1.807) is 0 Å². The highest BCUT2D eigenvalue weighted by Gasteiger charge is 2.19. The molecule has 0 rings (SSSR count). The predicted octanol–water partition coefficient (Wildman–Crippen LogP) is -1.26. The van der Waals surface area contributed by atoms with E-state index in [-0.39, 0.29) is 19.0 Å². The quantitative estimate of drug-likeness (QED) is 0.304. The summed E-state index contributed by atoms with van der Waals surface area (Å²) in [5, 5.41) is 17.7. The molecule has 16 heavy (non-hydrogen) atoms. The van der Waals surface area contributed by atoms with Crippen LogP contribution in [0, 0.1) is 0 Å². The summed E-state index contributed by atoms with van der Waals surface area (Å²) in [6.45, 7) is 1.73. The van der Waals surface area contributed by atoms with Crippen LogP contribution in [-0.4, -0.2) is 73.3 Å². The Morgan fingerprint density at radius 2 is 1.56 bits per heavy atom. The largest absolute Gasteiger partial charge is 0.748 e. The average Bonchev–Trinajstić information content (AvgIpc) is 2.12. The Bertz CT molecular complexity index is 272. The molecule has 0 saturated carbocycles. The first kappa shape index (κ1) is 15.8. The van der Waals surface area contributed by atoms with Gasteiger partial charge in [0.05, 0.1) is 36.9 Å². The fourth-order valence-corrected chi connectivity index (χ4v) is 2.15. The minimum atomic E-state index is -4.12. The number of aliphatic hydroxyl groups is 2. The molecule has 0 spiro atoms. The van der Waals surface area contributed by atoms with Crippen LogP contribution in [0.5, 0.6) is 0 Å². The molecular formula is C9H21NO5S. The normalized spacial score (nSPS) is 13.0. The number of quaternary nitrogens is 1. The molecule has 0 unspecified atom stereocenters. The lowest BCUT2D eigenvalue weighted by molar-refractivity contribution is -0.910. The second kappa shape index (κ2) is 7.18. The maximum absolute atomic E-state index is 10.4. The van der Waals surface area contributed by atoms with Crippen molar-refractivity contribution in [3.8, 4) is 0 Å². The molecule has 0 amide bonds. The first-order valence-electron chi connectivity index (χ1n) is 5.32. The van der Waals surface area contributed by atoms with Crippen molar-refractivity contribution >= 4 is 10.1 Å². The standard InChI is InChI=1S/C9H21NO5S/c1-10(5-7-11,6-8-12)4-2-3-9-16(13,14)15/h11-12H,2-9H2,1H3. The van der Waals surface area contributed by atoms with Gasteiger partial charge in [-0.05, 0) is 12.8 Å². The monoisotopic (exact) mass is 255 g/mol. The molecule has 0 aromatic heterocycles. The van der Waals surface area contributed by atoms with Crippen molar-refractivity contribution in [3.63, 3.8) is 0 Å². The van der Waals surface area contributed by atoms with E-state index in [0.29, 0.717) is 37.0 Å². The molecule has 6 nitrogen and oxygen atoms in total. The third kappa shape index (κ3) is 8.00. The minimum absolute atomic E-state index is 0.0242. The first-order valence-corrected chi connectivity index (χ1v) is 6.89. The minimum Gasteiger partial charge on any atom is -0.748 e. The second-order valence-corrected chi connectivity index (χ2v) is 5.73. The molecule has 0 fully saturated rings. The highest BCUT2D eigenvalue weighted by molar-refractivity contribution is 7.85. The Labute approximate surface area is 96.8 Å². The molecule has 0 aliphatic rings. The van der Waals surface area contributed by atoms with Gasteiger partial charge < -0.3 is 19.2 Å². The Hall–Kier alpha value is -0.210. The van der Waals surface area contributed by atoms with Crippen LogP contribution in [0.15, 0.2) is 0 Å². The van der Waals surface area contributed by atoms with Gasteiger partial charge in [0.25, 0.3) is 0 Å². The molecule has 0 radical (unpaired) electrons. The fraction of sp³-hybridized carbons (Fsp3) is 1.00. The van der Waals surface area contributed by atoms with E-state index in [4.69, 9.17) is 10.2 Å². The summed E-state index contributed by atoms with van der Waals surface area (Å²) in [5.41, 5.74) is 0. The molecule has 0 aromatic carbocycles. The van der Waals surface area contributed by atoms with E-state index >= 15 is 0 Å². The van der Waals surface area contributed by atoms with Gasteiger partial charge in [-0.25, -0.2) is 8.42 Å². The van der Waals surface area contributed by atoms with Crippen molar-refractivity contribution in [3.05, 3.63) is 0 Å². The van der Waals surface area contributed by atoms with Crippen LogP contribution in [0.25, 0.3) is 0 Å². The van der Waals surface area contributed by atoms with Crippen molar-refractivity contribution in [2.75, 3.05) is 45.6 Å². The summed E-state index contributed by atoms with van der Waals surface area (Å²) < 4.78 is 31.6. The Morgan fingerprint density at radius 3 is 1.94 bits per heavy atom. The first-order chi connectivity index (χ1) is 7.33. The fourth-order valence-electron chi connectivity index (χ4n) is 1.59. The van der Waals surface area contributed by atoms with E-state index in [1.807, 2.05) is 7.05 Å². The number of rotatable bonds is 9. The van der Waals surface area contributed by atoms with Crippen molar-refractivity contribution in [1.82, 2.24) is 0 Å². The van der Waals surface area contributed by atoms with E-state index in [0.717, 1.165) is 0 Å². The third-order valence-corrected chi connectivity index (χ3v) is 3.41. The maximum atomic E-state index is 10.4. The number of likely N-dealkylation sites (N-methyl/N-ethyl adjacent to an activating group) is 1. The van der Waals surface area contributed by atoms with Gasteiger partial charge in [-0.3, -0.25) is 0 Å². The summed E-state index contributed by atoms with van der Waals surface area (Å²) in [6.07, 6.45) is 0.925. The van der Waals surface area contributed by atoms with Crippen LogP contribution >= 0.6 is 0 Å². The lowest BCUT2D eigenvalue weighted by Gasteiger charge is -2.33. The van der Waals surface area contributed by atoms with Crippen molar-refractivity contribution in [2.24, 2.45) is 0 Å². The topological polar surface area (TPSA) is 97.7 Å². The molecule has 0 aromatic rings. The molecule has 0 saturated heterocycles. The molecule has 0 bridgehead atoms. The van der Waals surface area contributed by atoms with E-state index < -0.39 is 10.1 Å². The van der Waals surface area contributed by atoms with Gasteiger partial charge in [-0.2, -0.15) is 0 Å². The molecule has 0 heterocycles. The van der Waals surface area contributed by atoms with E-state index in [9.17, 15) is 13.0 Å². The number of hydrogen-bond donors (Lipinski definition) is 2. The zero-order valence-corrected chi connectivity index (χ0v) is 10.4. The molecule has 2 N–H and O–H groups in total. The van der Waals surface area contributed by atoms with E-state index in [2.05, 4.69) is 0 Å². The highest BCUT2D eigenvalue weighted by Crippen LogP contribution is 2.05. The zero-order chi connectivity index (χ0) is 12.7. The number of aliphatic hydroxyl groups excluding tert-OH is 2. The summed E-state index contributed by atoms with van der Waals surface area (Å²) in [7, 11) is -2.24. The predicted molar refractivity (Wildman–Crippen MR) is 58.8 cm³/mol. The number of hydrogen-bond acceptors (Lipinski definition) is 5. The van der Waals surface area contributed by atoms with Gasteiger partial charge in [0.2, 0.25) is 0 Å². The van der Waals surface area contributed by atoms with Crippen LogP contribution in [-0.2, 0) is 10.1 Å². The van der Waals surface area contributed by atoms with Crippen LogP contribution < -0.4 is 0 Å². The Kier molecular flexibility index (Phi) is 7.09. The molecule has 0 aliphatic heterocycles. The molecule has 98 valence electrons. The van der Waals surface area contributed by atoms with Crippen LogP contribution in [0.4, 0.5) is 0 Å². The van der Waals surface area contributed by atoms with Gasteiger partial charge in [0.1, 0.15) is 13.1 Å². The Balaban J connectivity index is 3.93. The number of nitrogens with zero attached hydrogens (tertiary/aromatic N) is 1. The zero-order valence-electron chi connectivity index (χ0n) is 9.63. The van der Waals surface area contributed by atoms with Gasteiger partial charge in [-0.1, -0.05) is 0 Å². The summed E-state index contributed by atoms with van der Waals surface area (Å²) >= 11 is 0. The SMILES string of the molecule is C[N+](CCO)(CCO)CCCCS(=O)(=O)[O-]. The van der Waals surface area contributed by atoms with Crippen LogP contribution in [0.2, 0.25) is 0 Å². The lowest BCUT2D eigenvalue weighted by atomic mass is 10.2. The summed E-state index contributed by atoms with van der Waals surface area (Å²) in [6, 6.07) is 0. The summed E-state index contributed by atoms with van der Waals surface area (Å²) in [5.74, 6) is -0.342. The van der Waals surface area contributed by atoms with Crippen molar-refractivity contribution < 1.29 is 27.7 Å². The Morgan fingerprint density at radius 1 is 1.06 bits per heavy atom. The van der Waals surface area contributed by atoms with Crippen molar-refractivity contribution in [2.45, 2.75) is 12.8 Å². The van der Waals surface area contributed by atoms with Crippen molar-refractivity contribution in [1.29, 1.82) is 0 Å². The third-order valence-electron chi connectivity index (χ3n) is 2.62.